The van der Waals surface area contributed by atoms with Crippen molar-refractivity contribution in [3.63, 3.8) is 0 Å². The van der Waals surface area contributed by atoms with Crippen molar-refractivity contribution in [1.29, 1.82) is 0 Å². The molecular formula is CH3N5O6-4. The molecule has 72 valence electrons. The third-order valence-electron chi connectivity index (χ3n) is 0.763. The summed E-state index contributed by atoms with van der Waals surface area (Å²) in [6, 6.07) is 0. The van der Waals surface area contributed by atoms with Crippen molar-refractivity contribution in [2.24, 2.45) is 0 Å². The normalized spacial score (nSPS) is 22.2. The largest absolute Gasteiger partial charge is 0.761 e. The van der Waals surface area contributed by atoms with Gasteiger partial charge in [-0.15, -0.1) is 16.0 Å². The van der Waals surface area contributed by atoms with Crippen molar-refractivity contribution in [2.75, 3.05) is 7.05 Å². The monoisotopic (exact) mass is 181 g/mol. The van der Waals surface area contributed by atoms with Gasteiger partial charge < -0.3 is 20.8 Å². The molecule has 1 fully saturated rings. The van der Waals surface area contributed by atoms with Crippen LogP contribution in [0.4, 0.5) is 0 Å². The lowest BCUT2D eigenvalue weighted by atomic mass is 11.5. The van der Waals surface area contributed by atoms with Gasteiger partial charge in [0.25, 0.3) is 0 Å². The summed E-state index contributed by atoms with van der Waals surface area (Å²) in [6.07, 6.45) is 0. The van der Waals surface area contributed by atoms with E-state index in [2.05, 4.69) is 9.88 Å². The van der Waals surface area contributed by atoms with Gasteiger partial charge >= 0.3 is 0 Å². The first-order valence-electron chi connectivity index (χ1n) is 2.51. The van der Waals surface area contributed by atoms with Crippen LogP contribution in [0.2, 0.25) is 0 Å². The molecule has 0 N–H and O–H groups in total. The molecule has 11 heteroatoms. The Morgan fingerprint density at radius 2 is 1.75 bits per heavy atom. The van der Waals surface area contributed by atoms with E-state index in [-0.39, 0.29) is 10.5 Å². The lowest BCUT2D eigenvalue weighted by molar-refractivity contribution is -0.660. The highest BCUT2D eigenvalue weighted by molar-refractivity contribution is 4.46. The van der Waals surface area contributed by atoms with Crippen molar-refractivity contribution < 1.29 is 9.88 Å². The maximum absolute atomic E-state index is 10.5. The van der Waals surface area contributed by atoms with Crippen LogP contribution in [-0.4, -0.2) is 33.5 Å². The minimum Gasteiger partial charge on any atom is -0.761 e. The van der Waals surface area contributed by atoms with Gasteiger partial charge in [0.2, 0.25) is 0 Å². The van der Waals surface area contributed by atoms with Crippen LogP contribution < -0.4 is 0 Å². The molecule has 0 aromatic heterocycles. The number of hydrogen-bond donors (Lipinski definition) is 0. The zero-order chi connectivity index (χ0) is 9.30. The van der Waals surface area contributed by atoms with Crippen LogP contribution >= 0.6 is 0 Å². The highest BCUT2D eigenvalue weighted by Gasteiger charge is 2.24. The van der Waals surface area contributed by atoms with Crippen LogP contribution in [0.25, 0.3) is 0 Å². The molecule has 0 unspecified atom stereocenters. The Kier molecular flexibility index (Phi) is 2.83. The zero-order valence-electron chi connectivity index (χ0n) is 5.69. The molecule has 0 bridgehead atoms. The summed E-state index contributed by atoms with van der Waals surface area (Å²) in [5.41, 5.74) is 0. The fraction of sp³-hybridized carbons (Fsp3) is 1.00. The van der Waals surface area contributed by atoms with Gasteiger partial charge in [-0.25, -0.2) is 10.2 Å². The molecule has 1 heterocycles. The minimum absolute atomic E-state index is 0.200. The van der Waals surface area contributed by atoms with Crippen molar-refractivity contribution in [3.05, 3.63) is 20.8 Å². The Hall–Kier alpha value is -0.440. The van der Waals surface area contributed by atoms with Crippen molar-refractivity contribution in [1.82, 2.24) is 26.5 Å². The van der Waals surface area contributed by atoms with E-state index in [1.54, 1.807) is 0 Å². The maximum atomic E-state index is 10.5. The number of nitrogens with zero attached hydrogens (tertiary/aromatic N) is 5. The zero-order valence-corrected chi connectivity index (χ0v) is 5.69. The van der Waals surface area contributed by atoms with E-state index in [1.165, 1.54) is 0 Å². The number of hydroxylamine groups is 2. The standard InChI is InChI=1S/CH3N5O6/c1-2(7)11-4(8)3-5(9)12-6(3)10/h1H3/q-4. The molecule has 0 radical (unpaired) electrons. The lowest BCUT2D eigenvalue weighted by Crippen LogP contribution is -2.66. The smallest absolute Gasteiger partial charge is 0.00108 e. The molecule has 0 aromatic rings. The predicted octanol–water partition coefficient (Wildman–Crippen LogP) is -1.43. The summed E-state index contributed by atoms with van der Waals surface area (Å²) in [7, 11) is 0.843. The summed E-state index contributed by atoms with van der Waals surface area (Å²) < 4.78 is 0. The summed E-state index contributed by atoms with van der Waals surface area (Å²) in [5.74, 6) is 0. The van der Waals surface area contributed by atoms with E-state index < -0.39 is 16.0 Å². The van der Waals surface area contributed by atoms with Crippen LogP contribution in [0.1, 0.15) is 0 Å². The quantitative estimate of drug-likeness (QED) is 0.475. The molecule has 0 amide bonds. The Bertz CT molecular complexity index is 145. The molecule has 1 aliphatic rings. The predicted molar refractivity (Wildman–Crippen MR) is 30.8 cm³/mol. The van der Waals surface area contributed by atoms with E-state index in [1.807, 2.05) is 0 Å². The van der Waals surface area contributed by atoms with Gasteiger partial charge in [0.15, 0.2) is 0 Å². The molecule has 1 aliphatic heterocycles. The van der Waals surface area contributed by atoms with Crippen LogP contribution in [0, 0.1) is 20.8 Å². The van der Waals surface area contributed by atoms with E-state index >= 15 is 0 Å². The van der Waals surface area contributed by atoms with Gasteiger partial charge in [-0.2, -0.15) is 4.94 Å². The van der Waals surface area contributed by atoms with Gasteiger partial charge in [0.1, 0.15) is 0 Å². The van der Waals surface area contributed by atoms with Crippen LogP contribution in [-0.2, 0) is 9.88 Å². The molecule has 0 aromatic carbocycles. The highest BCUT2D eigenvalue weighted by atomic mass is 17.3. The van der Waals surface area contributed by atoms with Crippen molar-refractivity contribution >= 4 is 0 Å². The van der Waals surface area contributed by atoms with Gasteiger partial charge in [-0.1, -0.05) is 5.23 Å². The Morgan fingerprint density at radius 1 is 1.25 bits per heavy atom. The van der Waals surface area contributed by atoms with E-state index in [0.717, 1.165) is 7.05 Å². The van der Waals surface area contributed by atoms with Crippen molar-refractivity contribution in [3.8, 4) is 0 Å². The first-order chi connectivity index (χ1) is 5.52. The second kappa shape index (κ2) is 3.52. The molecule has 12 heavy (non-hydrogen) atoms. The molecule has 1 saturated heterocycles. The maximum Gasteiger partial charge on any atom is 0.00108 e. The van der Waals surface area contributed by atoms with Gasteiger partial charge in [-0.05, 0) is 0 Å². The average molecular weight is 181 g/mol. The Labute approximate surface area is 65.5 Å². The second-order valence-electron chi connectivity index (χ2n) is 1.58. The first kappa shape index (κ1) is 9.65. The number of hydrogen-bond acceptors (Lipinski definition) is 11. The molecule has 0 aliphatic carbocycles. The minimum atomic E-state index is -0.656. The number of hydrazine groups is 3. The van der Waals surface area contributed by atoms with Crippen LogP contribution in [0.3, 0.4) is 0 Å². The third kappa shape index (κ3) is 1.83. The lowest BCUT2D eigenvalue weighted by Gasteiger charge is -2.61. The number of rotatable bonds is 3. The van der Waals surface area contributed by atoms with Crippen LogP contribution in [0.15, 0.2) is 0 Å². The summed E-state index contributed by atoms with van der Waals surface area (Å²) in [5, 5.41) is 38.9. The van der Waals surface area contributed by atoms with Gasteiger partial charge in [0, 0.05) is 7.05 Å². The Morgan fingerprint density at radius 3 is 2.08 bits per heavy atom. The molecular weight excluding hydrogens is 178 g/mol. The summed E-state index contributed by atoms with van der Waals surface area (Å²) in [4.78, 5) is 7.31. The highest BCUT2D eigenvalue weighted by Crippen LogP contribution is 2.18. The van der Waals surface area contributed by atoms with Gasteiger partial charge in [0.05, 0.1) is 0 Å². The van der Waals surface area contributed by atoms with Gasteiger partial charge in [-0.3, -0.25) is 0 Å². The summed E-state index contributed by atoms with van der Waals surface area (Å²) >= 11 is 0. The third-order valence-corrected chi connectivity index (χ3v) is 0.763. The fourth-order valence-electron chi connectivity index (χ4n) is 0.408. The topological polar surface area (TPSA) is 127 Å². The van der Waals surface area contributed by atoms with Crippen LogP contribution in [0.5, 0.6) is 0 Å². The van der Waals surface area contributed by atoms with E-state index in [0.29, 0.717) is 0 Å². The Balaban J connectivity index is 2.35. The first-order valence-corrected chi connectivity index (χ1v) is 2.51. The van der Waals surface area contributed by atoms with Crippen molar-refractivity contribution in [2.45, 2.75) is 0 Å². The van der Waals surface area contributed by atoms with E-state index in [4.69, 9.17) is 0 Å². The molecule has 0 saturated carbocycles. The second-order valence-corrected chi connectivity index (χ2v) is 1.58. The average Bonchev–Trinajstić information content (AvgIpc) is 1.83. The molecule has 0 spiro atoms. The SMILES string of the molecule is CN([O-])ON([O-])N1N([O-])ON1[O-]. The van der Waals surface area contributed by atoms with E-state index in [9.17, 15) is 20.8 Å². The summed E-state index contributed by atoms with van der Waals surface area (Å²) in [6.45, 7) is 0. The molecule has 11 nitrogen and oxygen atoms in total. The molecule has 0 atom stereocenters. The molecule has 1 rings (SSSR count). The fourth-order valence-corrected chi connectivity index (χ4v) is 0.408.